The predicted octanol–water partition coefficient (Wildman–Crippen LogP) is 7.12. The Morgan fingerprint density at radius 3 is 2.62 bits per heavy atom. The van der Waals surface area contributed by atoms with Gasteiger partial charge in [-0.05, 0) is 81.8 Å². The van der Waals surface area contributed by atoms with E-state index in [0.29, 0.717) is 54.1 Å². The molecule has 2 fully saturated rings. The molecule has 3 N–H and O–H groups in total. The molecule has 0 radical (unpaired) electrons. The number of benzene rings is 2. The number of hydrogen-bond acceptors (Lipinski definition) is 5. The Kier molecular flexibility index (Phi) is 12.8. The Morgan fingerprint density at radius 1 is 1.10 bits per heavy atom. The number of carbonyl (C=O) groups excluding carboxylic acids is 1. The number of urea groups is 1. The molecular formula is C34H50ClN3O4. The SMILES string of the molecule is CNCC(CC1CCCCC1)NC(=O)N1CCCC(C(O)(CCCCOC)c2cc(Cl)ccc2Oc2ccccc2)C1. The molecule has 0 bridgehead atoms. The number of nitrogens with one attached hydrogen (secondary N) is 2. The van der Waals surface area contributed by atoms with Gasteiger partial charge >= 0.3 is 6.03 Å². The highest BCUT2D eigenvalue weighted by molar-refractivity contribution is 6.30. The van der Waals surface area contributed by atoms with E-state index in [2.05, 4.69) is 10.6 Å². The number of hydrogen-bond donors (Lipinski definition) is 3. The first-order valence-corrected chi connectivity index (χ1v) is 16.2. The molecule has 4 rings (SSSR count). The third-order valence-corrected chi connectivity index (χ3v) is 9.28. The number of halogens is 1. The number of piperidine rings is 1. The molecule has 0 aromatic heterocycles. The minimum Gasteiger partial charge on any atom is -0.457 e. The van der Waals surface area contributed by atoms with E-state index in [4.69, 9.17) is 21.1 Å². The van der Waals surface area contributed by atoms with E-state index in [-0.39, 0.29) is 18.0 Å². The normalized spacial score (nSPS) is 20.1. The fraction of sp³-hybridized carbons (Fsp3) is 0.618. The van der Waals surface area contributed by atoms with Crippen LogP contribution in [0.3, 0.4) is 0 Å². The van der Waals surface area contributed by atoms with Gasteiger partial charge in [-0.1, -0.05) is 61.9 Å². The van der Waals surface area contributed by atoms with E-state index in [1.54, 1.807) is 13.2 Å². The molecule has 8 heteroatoms. The van der Waals surface area contributed by atoms with Crippen molar-refractivity contribution in [1.29, 1.82) is 0 Å². The van der Waals surface area contributed by atoms with E-state index in [1.807, 2.05) is 54.4 Å². The summed E-state index contributed by atoms with van der Waals surface area (Å²) in [5.41, 5.74) is -0.553. The van der Waals surface area contributed by atoms with Gasteiger partial charge in [-0.25, -0.2) is 4.79 Å². The van der Waals surface area contributed by atoms with Gasteiger partial charge in [0.05, 0.1) is 5.60 Å². The van der Waals surface area contributed by atoms with Gasteiger partial charge in [-0.3, -0.25) is 0 Å². The molecule has 2 aliphatic rings. The second-order valence-electron chi connectivity index (χ2n) is 12.2. The zero-order valence-electron chi connectivity index (χ0n) is 25.5. The van der Waals surface area contributed by atoms with Crippen molar-refractivity contribution >= 4 is 17.6 Å². The lowest BCUT2D eigenvalue weighted by atomic mass is 9.73. The molecule has 1 saturated heterocycles. The van der Waals surface area contributed by atoms with Crippen molar-refractivity contribution in [3.8, 4) is 11.5 Å². The van der Waals surface area contributed by atoms with E-state index in [0.717, 1.165) is 38.6 Å². The highest BCUT2D eigenvalue weighted by Crippen LogP contribution is 2.45. The fourth-order valence-corrected chi connectivity index (χ4v) is 7.00. The van der Waals surface area contributed by atoms with Crippen molar-refractivity contribution in [1.82, 2.24) is 15.5 Å². The number of ether oxygens (including phenoxy) is 2. The minimum absolute atomic E-state index is 0.0376. The average Bonchev–Trinajstić information content (AvgIpc) is 3.01. The number of likely N-dealkylation sites (tertiary alicyclic amines) is 1. The molecule has 1 aliphatic heterocycles. The molecule has 2 amide bonds. The van der Waals surface area contributed by atoms with Crippen LogP contribution >= 0.6 is 11.6 Å². The van der Waals surface area contributed by atoms with Gasteiger partial charge in [0.1, 0.15) is 11.5 Å². The maximum absolute atomic E-state index is 13.6. The van der Waals surface area contributed by atoms with Gasteiger partial charge in [0, 0.05) is 55.9 Å². The van der Waals surface area contributed by atoms with Crippen LogP contribution in [0.5, 0.6) is 11.5 Å². The molecule has 1 aliphatic carbocycles. The standard InChI is InChI=1S/C34H50ClN3O4/c1-36-24-29(22-26-12-5-3-6-13-26)37-33(39)38-20-11-14-27(25-38)34(40,19-9-10-21-41-2)31-23-28(35)17-18-32(31)42-30-15-7-4-8-16-30/h4,7-8,15-18,23,26-27,29,36,40H,3,5-6,9-14,19-22,24-25H2,1-2H3,(H,37,39). The third kappa shape index (κ3) is 9.09. The Bertz CT molecular complexity index is 1100. The first kappa shape index (κ1) is 32.6. The summed E-state index contributed by atoms with van der Waals surface area (Å²) in [5, 5.41) is 19.8. The molecule has 232 valence electrons. The summed E-state index contributed by atoms with van der Waals surface area (Å²) in [5.74, 6) is 1.79. The Labute approximate surface area is 257 Å². The van der Waals surface area contributed by atoms with Crippen LogP contribution in [-0.4, -0.2) is 62.5 Å². The molecule has 7 nitrogen and oxygen atoms in total. The number of para-hydroxylation sites is 1. The summed E-state index contributed by atoms with van der Waals surface area (Å²) in [6, 6.07) is 15.1. The Hall–Kier alpha value is -2.32. The lowest BCUT2D eigenvalue weighted by Gasteiger charge is -2.43. The van der Waals surface area contributed by atoms with Crippen molar-refractivity contribution in [2.24, 2.45) is 11.8 Å². The topological polar surface area (TPSA) is 83.1 Å². The minimum atomic E-state index is -1.23. The predicted molar refractivity (Wildman–Crippen MR) is 169 cm³/mol. The largest absolute Gasteiger partial charge is 0.457 e. The van der Waals surface area contributed by atoms with Crippen molar-refractivity contribution in [2.45, 2.75) is 82.3 Å². The van der Waals surface area contributed by atoms with E-state index < -0.39 is 5.60 Å². The molecule has 1 heterocycles. The van der Waals surface area contributed by atoms with Gasteiger partial charge in [0.2, 0.25) is 0 Å². The number of rotatable bonds is 14. The Morgan fingerprint density at radius 2 is 1.88 bits per heavy atom. The first-order valence-electron chi connectivity index (χ1n) is 15.9. The van der Waals surface area contributed by atoms with Crippen molar-refractivity contribution < 1.29 is 19.4 Å². The average molecular weight is 600 g/mol. The molecule has 1 saturated carbocycles. The van der Waals surface area contributed by atoms with Crippen LogP contribution in [0.25, 0.3) is 0 Å². The number of aliphatic hydroxyl groups is 1. The monoisotopic (exact) mass is 599 g/mol. The van der Waals surface area contributed by atoms with Crippen LogP contribution < -0.4 is 15.4 Å². The first-order chi connectivity index (χ1) is 20.4. The summed E-state index contributed by atoms with van der Waals surface area (Å²) in [6.45, 7) is 2.54. The van der Waals surface area contributed by atoms with Crippen molar-refractivity contribution in [2.75, 3.05) is 40.4 Å². The number of likely N-dealkylation sites (N-methyl/N-ethyl adjacent to an activating group) is 1. The number of carbonyl (C=O) groups is 1. The smallest absolute Gasteiger partial charge is 0.317 e. The van der Waals surface area contributed by atoms with Crippen molar-refractivity contribution in [3.05, 3.63) is 59.1 Å². The number of unbranched alkanes of at least 4 members (excludes halogenated alkanes) is 1. The molecule has 0 spiro atoms. The fourth-order valence-electron chi connectivity index (χ4n) is 6.83. The van der Waals surface area contributed by atoms with Crippen LogP contribution in [0.1, 0.15) is 76.2 Å². The maximum atomic E-state index is 13.6. The number of nitrogens with zero attached hydrogens (tertiary/aromatic N) is 1. The Balaban J connectivity index is 1.54. The van der Waals surface area contributed by atoms with E-state index >= 15 is 0 Å². The zero-order chi connectivity index (χ0) is 29.8. The lowest BCUT2D eigenvalue weighted by Crippen LogP contribution is -2.54. The molecule has 42 heavy (non-hydrogen) atoms. The zero-order valence-corrected chi connectivity index (χ0v) is 26.2. The summed E-state index contributed by atoms with van der Waals surface area (Å²) in [6.07, 6.45) is 11.2. The molecular weight excluding hydrogens is 550 g/mol. The van der Waals surface area contributed by atoms with E-state index in [1.165, 1.54) is 32.1 Å². The third-order valence-electron chi connectivity index (χ3n) is 9.04. The van der Waals surface area contributed by atoms with Crippen LogP contribution in [0.15, 0.2) is 48.5 Å². The van der Waals surface area contributed by atoms with Gasteiger partial charge in [0.15, 0.2) is 0 Å². The van der Waals surface area contributed by atoms with Gasteiger partial charge in [0.25, 0.3) is 0 Å². The second-order valence-corrected chi connectivity index (χ2v) is 12.6. The van der Waals surface area contributed by atoms with Crippen LogP contribution in [0.4, 0.5) is 4.79 Å². The van der Waals surface area contributed by atoms with Crippen LogP contribution in [0.2, 0.25) is 5.02 Å². The van der Waals surface area contributed by atoms with Gasteiger partial charge in [-0.15, -0.1) is 0 Å². The highest BCUT2D eigenvalue weighted by atomic mass is 35.5. The number of amides is 2. The van der Waals surface area contributed by atoms with Gasteiger partial charge in [-0.2, -0.15) is 0 Å². The highest BCUT2D eigenvalue weighted by Gasteiger charge is 2.43. The second kappa shape index (κ2) is 16.5. The number of methoxy groups -OCH3 is 1. The molecule has 2 aromatic rings. The quantitative estimate of drug-likeness (QED) is 0.201. The van der Waals surface area contributed by atoms with Crippen LogP contribution in [0, 0.1) is 11.8 Å². The van der Waals surface area contributed by atoms with Gasteiger partial charge < -0.3 is 30.1 Å². The molecule has 2 aromatic carbocycles. The summed E-state index contributed by atoms with van der Waals surface area (Å²) < 4.78 is 11.6. The van der Waals surface area contributed by atoms with Crippen LogP contribution in [-0.2, 0) is 10.3 Å². The molecule has 3 unspecified atom stereocenters. The summed E-state index contributed by atoms with van der Waals surface area (Å²) in [7, 11) is 3.64. The lowest BCUT2D eigenvalue weighted by molar-refractivity contribution is -0.0575. The molecule has 3 atom stereocenters. The summed E-state index contributed by atoms with van der Waals surface area (Å²) >= 11 is 6.53. The summed E-state index contributed by atoms with van der Waals surface area (Å²) in [4.78, 5) is 15.5. The maximum Gasteiger partial charge on any atom is 0.317 e. The van der Waals surface area contributed by atoms with E-state index in [9.17, 15) is 9.90 Å². The van der Waals surface area contributed by atoms with Crippen molar-refractivity contribution in [3.63, 3.8) is 0 Å².